The summed E-state index contributed by atoms with van der Waals surface area (Å²) in [5, 5.41) is 18.2. The summed E-state index contributed by atoms with van der Waals surface area (Å²) in [6, 6.07) is 9.27. The quantitative estimate of drug-likeness (QED) is 0.882. The van der Waals surface area contributed by atoms with Crippen molar-refractivity contribution in [2.45, 2.75) is 19.6 Å². The summed E-state index contributed by atoms with van der Waals surface area (Å²) in [5.74, 6) is 0. The second-order valence-electron chi connectivity index (χ2n) is 4.60. The average Bonchev–Trinajstić information content (AvgIpc) is 2.68. The highest BCUT2D eigenvalue weighted by Gasteiger charge is 2.08. The van der Waals surface area contributed by atoms with E-state index in [0.29, 0.717) is 18.1 Å². The molecule has 0 saturated heterocycles. The van der Waals surface area contributed by atoms with Crippen LogP contribution >= 0.6 is 11.6 Å². The molecule has 2 aromatic rings. The van der Waals surface area contributed by atoms with Gasteiger partial charge in [-0.1, -0.05) is 23.7 Å². The molecule has 0 aliphatic heterocycles. The lowest BCUT2D eigenvalue weighted by atomic mass is 10.1. The molecule has 19 heavy (non-hydrogen) atoms. The molecule has 0 unspecified atom stereocenters. The van der Waals surface area contributed by atoms with Crippen molar-refractivity contribution >= 4 is 11.6 Å². The molecule has 0 aliphatic carbocycles. The number of benzene rings is 1. The predicted molar refractivity (Wildman–Crippen MR) is 76.1 cm³/mol. The molecule has 0 saturated carbocycles. The summed E-state index contributed by atoms with van der Waals surface area (Å²) in [6.07, 6.45) is -0.536. The molecule has 2 rings (SSSR count). The van der Waals surface area contributed by atoms with E-state index in [-0.39, 0.29) is 0 Å². The van der Waals surface area contributed by atoms with E-state index in [9.17, 15) is 5.11 Å². The molecule has 102 valence electrons. The van der Waals surface area contributed by atoms with Crippen LogP contribution in [0, 0.1) is 6.92 Å². The summed E-state index contributed by atoms with van der Waals surface area (Å²) in [4.78, 5) is 0. The zero-order chi connectivity index (χ0) is 13.8. The lowest BCUT2D eigenvalue weighted by Gasteiger charge is -2.12. The topological polar surface area (TPSA) is 50.1 Å². The minimum absolute atomic E-state index is 0.492. The molecule has 0 bridgehead atoms. The van der Waals surface area contributed by atoms with Crippen LogP contribution in [0.15, 0.2) is 30.3 Å². The monoisotopic (exact) mass is 279 g/mol. The van der Waals surface area contributed by atoms with E-state index in [2.05, 4.69) is 10.4 Å². The van der Waals surface area contributed by atoms with E-state index in [1.54, 1.807) is 12.1 Å². The SMILES string of the molecule is Cc1cc(CNC[C@H](O)c2ccc(Cl)cc2)n(C)n1. The lowest BCUT2D eigenvalue weighted by Crippen LogP contribution is -2.22. The number of hydrogen-bond acceptors (Lipinski definition) is 3. The molecule has 0 amide bonds. The molecule has 0 radical (unpaired) electrons. The van der Waals surface area contributed by atoms with Crippen LogP contribution in [-0.2, 0) is 13.6 Å². The summed E-state index contributed by atoms with van der Waals surface area (Å²) < 4.78 is 1.84. The van der Waals surface area contributed by atoms with Crippen molar-refractivity contribution in [2.24, 2.45) is 7.05 Å². The summed E-state index contributed by atoms with van der Waals surface area (Å²) in [6.45, 7) is 3.14. The van der Waals surface area contributed by atoms with Gasteiger partial charge in [0.2, 0.25) is 0 Å². The number of aliphatic hydroxyl groups is 1. The van der Waals surface area contributed by atoms with Gasteiger partial charge in [0.1, 0.15) is 0 Å². The number of nitrogens with zero attached hydrogens (tertiary/aromatic N) is 2. The highest BCUT2D eigenvalue weighted by Crippen LogP contribution is 2.15. The molecule has 0 spiro atoms. The van der Waals surface area contributed by atoms with Crippen molar-refractivity contribution in [3.8, 4) is 0 Å². The first-order valence-electron chi connectivity index (χ1n) is 6.20. The molecule has 1 aromatic heterocycles. The smallest absolute Gasteiger partial charge is 0.0914 e. The zero-order valence-electron chi connectivity index (χ0n) is 11.1. The van der Waals surface area contributed by atoms with Crippen LogP contribution in [0.5, 0.6) is 0 Å². The molecule has 1 heterocycles. The van der Waals surface area contributed by atoms with E-state index in [1.165, 1.54) is 0 Å². The van der Waals surface area contributed by atoms with Crippen molar-refractivity contribution in [2.75, 3.05) is 6.54 Å². The minimum Gasteiger partial charge on any atom is -0.387 e. The summed E-state index contributed by atoms with van der Waals surface area (Å²) in [5.41, 5.74) is 2.96. The largest absolute Gasteiger partial charge is 0.387 e. The van der Waals surface area contributed by atoms with Crippen molar-refractivity contribution in [3.05, 3.63) is 52.3 Å². The Kier molecular flexibility index (Phi) is 4.58. The van der Waals surface area contributed by atoms with Gasteiger partial charge in [0, 0.05) is 25.2 Å². The predicted octanol–water partition coefficient (Wildman–Crippen LogP) is 2.21. The number of nitrogens with one attached hydrogen (secondary N) is 1. The highest BCUT2D eigenvalue weighted by molar-refractivity contribution is 6.30. The van der Waals surface area contributed by atoms with Gasteiger partial charge in [-0.3, -0.25) is 4.68 Å². The second kappa shape index (κ2) is 6.19. The van der Waals surface area contributed by atoms with Crippen LogP contribution in [0.3, 0.4) is 0 Å². The average molecular weight is 280 g/mol. The Morgan fingerprint density at radius 1 is 1.37 bits per heavy atom. The third kappa shape index (κ3) is 3.80. The van der Waals surface area contributed by atoms with Gasteiger partial charge in [0.05, 0.1) is 17.5 Å². The van der Waals surface area contributed by atoms with Gasteiger partial charge in [0.25, 0.3) is 0 Å². The van der Waals surface area contributed by atoms with Crippen LogP contribution in [0.2, 0.25) is 5.02 Å². The van der Waals surface area contributed by atoms with Gasteiger partial charge in [-0.05, 0) is 30.7 Å². The normalized spacial score (nSPS) is 12.6. The number of rotatable bonds is 5. The van der Waals surface area contributed by atoms with Gasteiger partial charge >= 0.3 is 0 Å². The number of aliphatic hydroxyl groups excluding tert-OH is 1. The molecule has 0 fully saturated rings. The Morgan fingerprint density at radius 2 is 2.05 bits per heavy atom. The second-order valence-corrected chi connectivity index (χ2v) is 5.04. The maximum atomic E-state index is 10.0. The number of halogens is 1. The third-order valence-corrected chi connectivity index (χ3v) is 3.25. The molecular weight excluding hydrogens is 262 g/mol. The lowest BCUT2D eigenvalue weighted by molar-refractivity contribution is 0.174. The van der Waals surface area contributed by atoms with Gasteiger partial charge in [-0.25, -0.2) is 0 Å². The standard InChI is InChI=1S/C14H18ClN3O/c1-10-7-13(18(2)17-10)8-16-9-14(19)11-3-5-12(15)6-4-11/h3-7,14,16,19H,8-9H2,1-2H3/t14-/m0/s1. The van der Waals surface area contributed by atoms with Gasteiger partial charge in [-0.15, -0.1) is 0 Å². The number of aryl methyl sites for hydroxylation is 2. The Labute approximate surface area is 118 Å². The molecule has 1 atom stereocenters. The van der Waals surface area contributed by atoms with Crippen LogP contribution in [0.25, 0.3) is 0 Å². The fourth-order valence-electron chi connectivity index (χ4n) is 1.97. The maximum Gasteiger partial charge on any atom is 0.0914 e. The fraction of sp³-hybridized carbons (Fsp3) is 0.357. The maximum absolute atomic E-state index is 10.0. The van der Waals surface area contributed by atoms with E-state index in [4.69, 9.17) is 11.6 Å². The molecule has 2 N–H and O–H groups in total. The number of hydrogen-bond donors (Lipinski definition) is 2. The molecular formula is C14H18ClN3O. The molecule has 4 nitrogen and oxygen atoms in total. The Bertz CT molecular complexity index is 536. The van der Waals surface area contributed by atoms with Crippen LogP contribution in [0.4, 0.5) is 0 Å². The summed E-state index contributed by atoms with van der Waals surface area (Å²) >= 11 is 5.81. The first kappa shape index (κ1) is 14.1. The van der Waals surface area contributed by atoms with Crippen molar-refractivity contribution in [1.29, 1.82) is 0 Å². The van der Waals surface area contributed by atoms with E-state index < -0.39 is 6.10 Å². The molecule has 1 aromatic carbocycles. The fourth-order valence-corrected chi connectivity index (χ4v) is 2.10. The third-order valence-electron chi connectivity index (χ3n) is 3.00. The minimum atomic E-state index is -0.536. The van der Waals surface area contributed by atoms with Gasteiger partial charge in [0.15, 0.2) is 0 Å². The van der Waals surface area contributed by atoms with Crippen molar-refractivity contribution in [3.63, 3.8) is 0 Å². The van der Waals surface area contributed by atoms with Crippen LogP contribution < -0.4 is 5.32 Å². The number of aromatic nitrogens is 2. The van der Waals surface area contributed by atoms with Crippen molar-refractivity contribution < 1.29 is 5.11 Å². The Hall–Kier alpha value is -1.36. The molecule has 5 heteroatoms. The van der Waals surface area contributed by atoms with Crippen molar-refractivity contribution in [1.82, 2.24) is 15.1 Å². The van der Waals surface area contributed by atoms with Gasteiger partial charge < -0.3 is 10.4 Å². The van der Waals surface area contributed by atoms with Crippen LogP contribution in [-0.4, -0.2) is 21.4 Å². The Balaban J connectivity index is 1.85. The van der Waals surface area contributed by atoms with E-state index >= 15 is 0 Å². The highest BCUT2D eigenvalue weighted by atomic mass is 35.5. The molecule has 0 aliphatic rings. The van der Waals surface area contributed by atoms with E-state index in [0.717, 1.165) is 17.0 Å². The van der Waals surface area contributed by atoms with E-state index in [1.807, 2.05) is 36.9 Å². The van der Waals surface area contributed by atoms with Gasteiger partial charge in [-0.2, -0.15) is 5.10 Å². The van der Waals surface area contributed by atoms with Crippen LogP contribution in [0.1, 0.15) is 23.1 Å². The Morgan fingerprint density at radius 3 is 2.63 bits per heavy atom. The zero-order valence-corrected chi connectivity index (χ0v) is 11.9. The summed E-state index contributed by atoms with van der Waals surface area (Å²) in [7, 11) is 1.92. The first-order valence-corrected chi connectivity index (χ1v) is 6.58. The first-order chi connectivity index (χ1) is 9.06.